The van der Waals surface area contributed by atoms with E-state index < -0.39 is 40.8 Å². The van der Waals surface area contributed by atoms with Crippen molar-refractivity contribution in [1.29, 1.82) is 0 Å². The predicted molar refractivity (Wildman–Crippen MR) is 101 cm³/mol. The number of cyclic esters (lactones) is 2. The lowest BCUT2D eigenvalue weighted by atomic mass is 9.55. The summed E-state index contributed by atoms with van der Waals surface area (Å²) >= 11 is 0. The van der Waals surface area contributed by atoms with Gasteiger partial charge in [-0.1, -0.05) is 42.5 Å². The third-order valence-corrected chi connectivity index (χ3v) is 5.79. The van der Waals surface area contributed by atoms with Gasteiger partial charge in [0.25, 0.3) is 5.79 Å². The molecule has 2 fully saturated rings. The maximum atomic E-state index is 13.5. The van der Waals surface area contributed by atoms with E-state index in [1.54, 1.807) is 24.3 Å². The Morgan fingerprint density at radius 1 is 0.793 bits per heavy atom. The van der Waals surface area contributed by atoms with Gasteiger partial charge in [-0.25, -0.2) is 4.39 Å². The molecule has 1 saturated heterocycles. The molecule has 1 heterocycles. The van der Waals surface area contributed by atoms with Crippen LogP contribution in [0.25, 0.3) is 0 Å². The van der Waals surface area contributed by atoms with Crippen LogP contribution in [0.3, 0.4) is 0 Å². The average Bonchev–Trinajstić information content (AvgIpc) is 2.67. The number of carbonyl (C=O) groups excluding carboxylic acids is 3. The van der Waals surface area contributed by atoms with Gasteiger partial charge >= 0.3 is 11.9 Å². The summed E-state index contributed by atoms with van der Waals surface area (Å²) in [4.78, 5) is 39.5. The molecule has 0 N–H and O–H groups in total. The summed E-state index contributed by atoms with van der Waals surface area (Å²) in [6.07, 6.45) is -0.00800. The van der Waals surface area contributed by atoms with Crippen LogP contribution in [0.1, 0.15) is 49.7 Å². The molecule has 1 aliphatic heterocycles. The molecule has 0 aromatic heterocycles. The van der Waals surface area contributed by atoms with Gasteiger partial charge in [0.05, 0.1) is 0 Å². The summed E-state index contributed by atoms with van der Waals surface area (Å²) in [7, 11) is 0. The normalized spacial score (nSPS) is 25.4. The molecule has 0 unspecified atom stereocenters. The van der Waals surface area contributed by atoms with Crippen molar-refractivity contribution in [3.63, 3.8) is 0 Å². The first-order valence-corrected chi connectivity index (χ1v) is 9.53. The summed E-state index contributed by atoms with van der Waals surface area (Å²) in [6, 6.07) is 14.5. The molecule has 6 heteroatoms. The molecular formula is C23H21FO5. The minimum atomic E-state index is -1.72. The fraction of sp³-hybridized carbons (Fsp3) is 0.348. The SMILES string of the molecule is CC1(C)OC(=O)C2(C(=O)O1)[C@@H](c1ccccc1)CC(=O)C[C@H]2c1ccc(F)cc1. The number of ether oxygens (including phenoxy) is 2. The fourth-order valence-electron chi connectivity index (χ4n) is 4.53. The molecule has 1 spiro atoms. The second-order valence-electron chi connectivity index (χ2n) is 8.06. The first-order valence-electron chi connectivity index (χ1n) is 9.53. The van der Waals surface area contributed by atoms with E-state index >= 15 is 0 Å². The largest absolute Gasteiger partial charge is 0.422 e. The summed E-state index contributed by atoms with van der Waals surface area (Å²) in [5.41, 5.74) is -0.516. The van der Waals surface area contributed by atoms with Crippen molar-refractivity contribution in [2.75, 3.05) is 0 Å². The standard InChI is InChI=1S/C23H21FO5/c1-22(2)28-20(26)23(21(27)29-22)18(14-6-4-3-5-7-14)12-17(25)13-19(23)15-8-10-16(24)11-9-15/h3-11,18-19H,12-13H2,1-2H3/t18-,19+/m1/s1. The Kier molecular flexibility index (Phi) is 4.52. The highest BCUT2D eigenvalue weighted by Gasteiger charge is 2.67. The summed E-state index contributed by atoms with van der Waals surface area (Å²) < 4.78 is 24.6. The monoisotopic (exact) mass is 396 g/mol. The van der Waals surface area contributed by atoms with Crippen molar-refractivity contribution in [1.82, 2.24) is 0 Å². The summed E-state index contributed by atoms with van der Waals surface area (Å²) in [6.45, 7) is 2.99. The van der Waals surface area contributed by atoms with Gasteiger partial charge in [-0.05, 0) is 23.3 Å². The number of carbonyl (C=O) groups is 3. The first-order chi connectivity index (χ1) is 13.7. The number of esters is 2. The molecule has 0 bridgehead atoms. The van der Waals surface area contributed by atoms with E-state index in [2.05, 4.69) is 0 Å². The Bertz CT molecular complexity index is 945. The van der Waals surface area contributed by atoms with Crippen LogP contribution >= 0.6 is 0 Å². The third kappa shape index (κ3) is 3.12. The van der Waals surface area contributed by atoms with Gasteiger partial charge in [-0.15, -0.1) is 0 Å². The predicted octanol–water partition coefficient (Wildman–Crippen LogP) is 3.88. The fourth-order valence-corrected chi connectivity index (χ4v) is 4.53. The lowest BCUT2D eigenvalue weighted by Gasteiger charge is -2.49. The van der Waals surface area contributed by atoms with Crippen molar-refractivity contribution in [2.45, 2.75) is 44.3 Å². The van der Waals surface area contributed by atoms with Gasteiger partial charge in [0.15, 0.2) is 5.41 Å². The molecular weight excluding hydrogens is 375 g/mol. The van der Waals surface area contributed by atoms with Gasteiger partial charge in [0.2, 0.25) is 0 Å². The quantitative estimate of drug-likeness (QED) is 0.569. The third-order valence-electron chi connectivity index (χ3n) is 5.79. The van der Waals surface area contributed by atoms with Crippen molar-refractivity contribution in [2.24, 2.45) is 5.41 Å². The number of benzene rings is 2. The molecule has 2 aromatic carbocycles. The molecule has 4 rings (SSSR count). The van der Waals surface area contributed by atoms with Crippen molar-refractivity contribution >= 4 is 17.7 Å². The van der Waals surface area contributed by atoms with E-state index in [4.69, 9.17) is 9.47 Å². The maximum absolute atomic E-state index is 13.5. The molecule has 2 atom stereocenters. The van der Waals surface area contributed by atoms with E-state index in [9.17, 15) is 18.8 Å². The lowest BCUT2D eigenvalue weighted by Crippen LogP contribution is -2.61. The van der Waals surface area contributed by atoms with Gasteiger partial charge in [0.1, 0.15) is 11.6 Å². The van der Waals surface area contributed by atoms with E-state index in [1.807, 2.05) is 6.07 Å². The Morgan fingerprint density at radius 3 is 1.79 bits per heavy atom. The molecule has 1 saturated carbocycles. The average molecular weight is 396 g/mol. The molecule has 2 aromatic rings. The number of hydrogen-bond donors (Lipinski definition) is 0. The van der Waals surface area contributed by atoms with Crippen molar-refractivity contribution in [3.8, 4) is 0 Å². The van der Waals surface area contributed by atoms with Crippen molar-refractivity contribution in [3.05, 3.63) is 71.5 Å². The highest BCUT2D eigenvalue weighted by atomic mass is 19.1. The van der Waals surface area contributed by atoms with E-state index in [1.165, 1.54) is 38.1 Å². The molecule has 2 aliphatic rings. The Balaban J connectivity index is 1.94. The molecule has 0 amide bonds. The summed E-state index contributed by atoms with van der Waals surface area (Å²) in [5.74, 6) is -4.90. The Labute approximate surface area is 167 Å². The van der Waals surface area contributed by atoms with E-state index in [0.717, 1.165) is 0 Å². The number of halogens is 1. The zero-order chi connectivity index (χ0) is 20.8. The van der Waals surface area contributed by atoms with Crippen LogP contribution in [0.15, 0.2) is 54.6 Å². The van der Waals surface area contributed by atoms with Crippen LogP contribution in [0.5, 0.6) is 0 Å². The van der Waals surface area contributed by atoms with Crippen LogP contribution in [-0.2, 0) is 23.9 Å². The molecule has 0 radical (unpaired) electrons. The molecule has 1 aliphatic carbocycles. The zero-order valence-corrected chi connectivity index (χ0v) is 16.2. The second kappa shape index (κ2) is 6.79. The number of Topliss-reactive ketones (excluding diaryl/α,β-unsaturated/α-hetero) is 1. The van der Waals surface area contributed by atoms with Crippen LogP contribution in [-0.4, -0.2) is 23.5 Å². The number of ketones is 1. The topological polar surface area (TPSA) is 69.7 Å². The van der Waals surface area contributed by atoms with Crippen LogP contribution < -0.4 is 0 Å². The Hall–Kier alpha value is -3.02. The molecule has 29 heavy (non-hydrogen) atoms. The zero-order valence-electron chi connectivity index (χ0n) is 16.2. The first kappa shape index (κ1) is 19.3. The molecule has 150 valence electrons. The highest BCUT2D eigenvalue weighted by Crippen LogP contribution is 2.57. The Morgan fingerprint density at radius 2 is 1.28 bits per heavy atom. The minimum Gasteiger partial charge on any atom is -0.422 e. The maximum Gasteiger partial charge on any atom is 0.328 e. The van der Waals surface area contributed by atoms with E-state index in [-0.39, 0.29) is 18.6 Å². The van der Waals surface area contributed by atoms with Crippen molar-refractivity contribution < 1.29 is 28.2 Å². The van der Waals surface area contributed by atoms with Crippen LogP contribution in [0, 0.1) is 11.2 Å². The summed E-state index contributed by atoms with van der Waals surface area (Å²) in [5, 5.41) is 0. The van der Waals surface area contributed by atoms with Crippen LogP contribution in [0.2, 0.25) is 0 Å². The number of rotatable bonds is 2. The highest BCUT2D eigenvalue weighted by molar-refractivity contribution is 6.06. The number of hydrogen-bond acceptors (Lipinski definition) is 5. The lowest BCUT2D eigenvalue weighted by molar-refractivity contribution is -0.256. The van der Waals surface area contributed by atoms with Gasteiger partial charge < -0.3 is 9.47 Å². The van der Waals surface area contributed by atoms with Gasteiger partial charge in [0, 0.05) is 38.5 Å². The minimum absolute atomic E-state index is 0.0202. The smallest absolute Gasteiger partial charge is 0.328 e. The van der Waals surface area contributed by atoms with Gasteiger partial charge in [-0.3, -0.25) is 14.4 Å². The second-order valence-corrected chi connectivity index (χ2v) is 8.06. The van der Waals surface area contributed by atoms with Crippen LogP contribution in [0.4, 0.5) is 4.39 Å². The van der Waals surface area contributed by atoms with E-state index in [0.29, 0.717) is 11.1 Å². The molecule has 5 nitrogen and oxygen atoms in total. The van der Waals surface area contributed by atoms with Gasteiger partial charge in [-0.2, -0.15) is 0 Å².